The van der Waals surface area contributed by atoms with E-state index in [4.69, 9.17) is 9.84 Å². The predicted molar refractivity (Wildman–Crippen MR) is 95.6 cm³/mol. The van der Waals surface area contributed by atoms with E-state index in [1.807, 2.05) is 0 Å². The molecule has 1 aliphatic rings. The number of hydrogen-bond acceptors (Lipinski definition) is 4. The lowest BCUT2D eigenvalue weighted by Crippen LogP contribution is -2.34. The maximum Gasteiger partial charge on any atom is 0.260 e. The lowest BCUT2D eigenvalue weighted by molar-refractivity contribution is -0.132. The summed E-state index contributed by atoms with van der Waals surface area (Å²) in [5.41, 5.74) is 0.742. The minimum absolute atomic E-state index is 0.0454. The molecule has 2 aromatic carbocycles. The van der Waals surface area contributed by atoms with Crippen molar-refractivity contribution in [3.05, 3.63) is 59.7 Å². The van der Waals surface area contributed by atoms with Crippen molar-refractivity contribution in [3.8, 4) is 5.75 Å². The highest BCUT2D eigenvalue weighted by atomic mass is 32.2. The van der Waals surface area contributed by atoms with Crippen molar-refractivity contribution >= 4 is 16.7 Å². The molecule has 0 aliphatic carbocycles. The minimum atomic E-state index is -1.66. The fourth-order valence-corrected chi connectivity index (χ4v) is 4.32. The second kappa shape index (κ2) is 8.58. The number of likely N-dealkylation sites (tertiary alicyclic amines) is 1. The van der Waals surface area contributed by atoms with Crippen molar-refractivity contribution in [2.75, 3.05) is 19.7 Å². The first-order chi connectivity index (χ1) is 13.0. The monoisotopic (exact) mass is 395 g/mol. The molecular weight excluding hydrogens is 376 g/mol. The first-order valence-electron chi connectivity index (χ1n) is 8.44. The van der Waals surface area contributed by atoms with Crippen LogP contribution >= 0.6 is 0 Å². The highest BCUT2D eigenvalue weighted by molar-refractivity contribution is 7.85. The molecule has 0 bridgehead atoms. The molecule has 27 heavy (non-hydrogen) atoms. The molecule has 3 rings (SSSR count). The molecule has 0 radical (unpaired) electrons. The van der Waals surface area contributed by atoms with Gasteiger partial charge in [0.2, 0.25) is 0 Å². The number of rotatable bonds is 6. The molecule has 1 amide bonds. The first-order valence-corrected chi connectivity index (χ1v) is 9.65. The number of aliphatic hydroxyl groups excluding tert-OH is 1. The third-order valence-corrected chi connectivity index (χ3v) is 6.13. The largest absolute Gasteiger partial charge is 0.484 e. The van der Waals surface area contributed by atoms with Gasteiger partial charge in [-0.1, -0.05) is 12.1 Å². The summed E-state index contributed by atoms with van der Waals surface area (Å²) < 4.78 is 44.8. The Hall–Kier alpha value is -2.32. The highest BCUT2D eigenvalue weighted by Gasteiger charge is 2.32. The number of amides is 1. The smallest absolute Gasteiger partial charge is 0.260 e. The zero-order chi connectivity index (χ0) is 19.4. The summed E-state index contributed by atoms with van der Waals surface area (Å²) in [7, 11) is -1.66. The fraction of sp³-hybridized carbons (Fsp3) is 0.316. The van der Waals surface area contributed by atoms with Gasteiger partial charge in [-0.2, -0.15) is 0 Å². The molecule has 1 heterocycles. The first kappa shape index (κ1) is 19.4. The molecule has 2 unspecified atom stereocenters. The minimum Gasteiger partial charge on any atom is -0.484 e. The van der Waals surface area contributed by atoms with Crippen molar-refractivity contribution in [1.29, 1.82) is 0 Å². The molecule has 1 saturated heterocycles. The van der Waals surface area contributed by atoms with Crippen LogP contribution in [0.4, 0.5) is 8.78 Å². The Labute approximate surface area is 158 Å². The van der Waals surface area contributed by atoms with E-state index in [0.29, 0.717) is 24.8 Å². The van der Waals surface area contributed by atoms with E-state index < -0.39 is 27.7 Å². The zero-order valence-electron chi connectivity index (χ0n) is 14.4. The van der Waals surface area contributed by atoms with Gasteiger partial charge in [-0.05, 0) is 36.2 Å². The van der Waals surface area contributed by atoms with Crippen LogP contribution in [0.15, 0.2) is 47.4 Å². The molecule has 1 aliphatic heterocycles. The van der Waals surface area contributed by atoms with Crippen LogP contribution < -0.4 is 4.74 Å². The fourth-order valence-electron chi connectivity index (χ4n) is 2.87. The Balaban J connectivity index is 1.55. The number of halogens is 2. The van der Waals surface area contributed by atoms with Crippen LogP contribution in [0, 0.1) is 11.6 Å². The van der Waals surface area contributed by atoms with Gasteiger partial charge in [0.1, 0.15) is 17.4 Å². The van der Waals surface area contributed by atoms with E-state index in [9.17, 15) is 17.8 Å². The van der Waals surface area contributed by atoms with Crippen molar-refractivity contribution < 1.29 is 27.6 Å². The van der Waals surface area contributed by atoms with Crippen LogP contribution in [0.2, 0.25) is 0 Å². The maximum atomic E-state index is 13.8. The quantitative estimate of drug-likeness (QED) is 0.815. The van der Waals surface area contributed by atoms with Gasteiger partial charge >= 0.3 is 0 Å². The van der Waals surface area contributed by atoms with Crippen LogP contribution in [-0.4, -0.2) is 45.1 Å². The Morgan fingerprint density at radius 1 is 1.22 bits per heavy atom. The molecule has 0 aromatic heterocycles. The lowest BCUT2D eigenvalue weighted by Gasteiger charge is -2.17. The van der Waals surface area contributed by atoms with Gasteiger partial charge in [0.25, 0.3) is 5.91 Å². The van der Waals surface area contributed by atoms with Gasteiger partial charge in [0.05, 0.1) is 27.6 Å². The van der Waals surface area contributed by atoms with Gasteiger partial charge in [-0.25, -0.2) is 8.78 Å². The van der Waals surface area contributed by atoms with Crippen molar-refractivity contribution in [1.82, 2.24) is 4.90 Å². The van der Waals surface area contributed by atoms with Crippen LogP contribution in [0.1, 0.15) is 12.0 Å². The van der Waals surface area contributed by atoms with Gasteiger partial charge in [0.15, 0.2) is 6.61 Å². The molecule has 1 fully saturated rings. The third-order valence-electron chi connectivity index (χ3n) is 4.38. The Morgan fingerprint density at radius 2 is 1.96 bits per heavy atom. The van der Waals surface area contributed by atoms with Gasteiger partial charge < -0.3 is 14.7 Å². The van der Waals surface area contributed by atoms with Crippen molar-refractivity contribution in [2.24, 2.45) is 0 Å². The Kier molecular flexibility index (Phi) is 6.18. The summed E-state index contributed by atoms with van der Waals surface area (Å²) in [5, 5.41) is 8.60. The number of hydrogen-bond donors (Lipinski definition) is 1. The number of benzene rings is 2. The zero-order valence-corrected chi connectivity index (χ0v) is 15.3. The predicted octanol–water partition coefficient (Wildman–Crippen LogP) is 2.24. The van der Waals surface area contributed by atoms with E-state index in [-0.39, 0.29) is 30.6 Å². The Bertz CT molecular complexity index is 844. The normalized spacial score (nSPS) is 17.7. The molecule has 2 atom stereocenters. The highest BCUT2D eigenvalue weighted by Crippen LogP contribution is 2.23. The standard InChI is InChI=1S/C19H19F2NO4S/c20-14-3-6-18(17(21)9-14)27(25)16-7-8-22(10-16)19(24)12-26-15-4-1-13(11-23)2-5-15/h1-6,9,16,23H,7-8,10-12H2. The van der Waals surface area contributed by atoms with E-state index >= 15 is 0 Å². The lowest BCUT2D eigenvalue weighted by atomic mass is 10.2. The summed E-state index contributed by atoms with van der Waals surface area (Å²) >= 11 is 0. The topological polar surface area (TPSA) is 66.8 Å². The molecule has 144 valence electrons. The van der Waals surface area contributed by atoms with Crippen molar-refractivity contribution in [2.45, 2.75) is 23.2 Å². The molecular formula is C19H19F2NO4S. The molecule has 0 spiro atoms. The van der Waals surface area contributed by atoms with Gasteiger partial charge in [0, 0.05) is 19.2 Å². The average Bonchev–Trinajstić information content (AvgIpc) is 3.16. The SMILES string of the molecule is O=C(COc1ccc(CO)cc1)N1CCC(S(=O)c2ccc(F)cc2F)C1. The molecule has 8 heteroatoms. The number of ether oxygens (including phenoxy) is 1. The Morgan fingerprint density at radius 3 is 2.63 bits per heavy atom. The molecule has 1 N–H and O–H groups in total. The van der Waals surface area contributed by atoms with Crippen LogP contribution in [0.25, 0.3) is 0 Å². The maximum absolute atomic E-state index is 13.8. The summed E-state index contributed by atoms with van der Waals surface area (Å²) in [4.78, 5) is 13.8. The van der Waals surface area contributed by atoms with Crippen molar-refractivity contribution in [3.63, 3.8) is 0 Å². The van der Waals surface area contributed by atoms with E-state index in [2.05, 4.69) is 0 Å². The van der Waals surface area contributed by atoms with Gasteiger partial charge in [-0.15, -0.1) is 0 Å². The second-order valence-electron chi connectivity index (χ2n) is 6.21. The average molecular weight is 395 g/mol. The molecule has 0 saturated carbocycles. The number of nitrogens with zero attached hydrogens (tertiary/aromatic N) is 1. The van der Waals surface area contributed by atoms with E-state index in [1.165, 1.54) is 11.0 Å². The van der Waals surface area contributed by atoms with E-state index in [0.717, 1.165) is 11.6 Å². The van der Waals surface area contributed by atoms with Crippen LogP contribution in [0.3, 0.4) is 0 Å². The van der Waals surface area contributed by atoms with Crippen LogP contribution in [-0.2, 0) is 22.2 Å². The number of aliphatic hydroxyl groups is 1. The summed E-state index contributed by atoms with van der Waals surface area (Å²) in [6, 6.07) is 9.70. The van der Waals surface area contributed by atoms with Crippen LogP contribution in [0.5, 0.6) is 5.75 Å². The van der Waals surface area contributed by atoms with E-state index in [1.54, 1.807) is 24.3 Å². The third kappa shape index (κ3) is 4.70. The number of carbonyl (C=O) groups excluding carboxylic acids is 1. The molecule has 5 nitrogen and oxygen atoms in total. The summed E-state index contributed by atoms with van der Waals surface area (Å²) in [6.07, 6.45) is 0.473. The second-order valence-corrected chi connectivity index (χ2v) is 7.91. The number of carbonyl (C=O) groups is 1. The van der Waals surface area contributed by atoms with Gasteiger partial charge in [-0.3, -0.25) is 9.00 Å². The summed E-state index contributed by atoms with van der Waals surface area (Å²) in [5.74, 6) is -1.30. The summed E-state index contributed by atoms with van der Waals surface area (Å²) in [6.45, 7) is 0.406. The molecule has 2 aromatic rings.